The van der Waals surface area contributed by atoms with Crippen LogP contribution >= 0.6 is 15.9 Å². The summed E-state index contributed by atoms with van der Waals surface area (Å²) in [5, 5.41) is 0. The van der Waals surface area contributed by atoms with Gasteiger partial charge in [-0.3, -0.25) is 0 Å². The predicted molar refractivity (Wildman–Crippen MR) is 56.1 cm³/mol. The van der Waals surface area contributed by atoms with E-state index in [4.69, 9.17) is 5.73 Å². The summed E-state index contributed by atoms with van der Waals surface area (Å²) in [6, 6.07) is 2.62. The van der Waals surface area contributed by atoms with Crippen LogP contribution in [0.15, 0.2) is 16.6 Å². The molecule has 0 aliphatic carbocycles. The van der Waals surface area contributed by atoms with Crippen LogP contribution in [-0.2, 0) is 0 Å². The predicted octanol–water partition coefficient (Wildman–Crippen LogP) is 3.18. The second-order valence-corrected chi connectivity index (χ2v) is 4.09. The minimum Gasteiger partial charge on any atom is -0.330 e. The number of halogens is 3. The van der Waals surface area contributed by atoms with Crippen LogP contribution in [0.4, 0.5) is 8.78 Å². The third kappa shape index (κ3) is 2.30. The first-order valence-corrected chi connectivity index (χ1v) is 5.20. The van der Waals surface area contributed by atoms with E-state index in [0.29, 0.717) is 13.0 Å². The Kier molecular flexibility index (Phi) is 4.01. The Labute approximate surface area is 90.4 Å². The quantitative estimate of drug-likeness (QED) is 0.833. The Morgan fingerprint density at radius 2 is 2.07 bits per heavy atom. The van der Waals surface area contributed by atoms with Crippen molar-refractivity contribution >= 4 is 15.9 Å². The molecule has 1 unspecified atom stereocenters. The molecule has 1 aromatic rings. The van der Waals surface area contributed by atoms with Crippen molar-refractivity contribution in [2.24, 2.45) is 5.73 Å². The molecule has 1 nitrogen and oxygen atoms in total. The van der Waals surface area contributed by atoms with Crippen molar-refractivity contribution in [3.05, 3.63) is 33.8 Å². The number of hydrogen-bond donors (Lipinski definition) is 1. The van der Waals surface area contributed by atoms with Crippen molar-refractivity contribution in [2.45, 2.75) is 19.3 Å². The number of hydrogen-bond acceptors (Lipinski definition) is 1. The first-order valence-electron chi connectivity index (χ1n) is 4.41. The molecule has 2 N–H and O–H groups in total. The maximum atomic E-state index is 13.5. The van der Waals surface area contributed by atoms with Crippen LogP contribution in [0.25, 0.3) is 0 Å². The van der Waals surface area contributed by atoms with Gasteiger partial charge >= 0.3 is 0 Å². The van der Waals surface area contributed by atoms with Gasteiger partial charge in [-0.1, -0.05) is 6.92 Å². The van der Waals surface area contributed by atoms with Crippen molar-refractivity contribution < 1.29 is 8.78 Å². The van der Waals surface area contributed by atoms with Crippen LogP contribution in [-0.4, -0.2) is 6.54 Å². The lowest BCUT2D eigenvalue weighted by atomic mass is 9.97. The lowest BCUT2D eigenvalue weighted by molar-refractivity contribution is 0.519. The molecule has 0 aliphatic heterocycles. The Hall–Kier alpha value is -0.480. The summed E-state index contributed by atoms with van der Waals surface area (Å²) >= 11 is 3.03. The fourth-order valence-corrected chi connectivity index (χ4v) is 1.73. The molecule has 78 valence electrons. The molecule has 0 aliphatic rings. The lowest BCUT2D eigenvalue weighted by Gasteiger charge is -2.13. The summed E-state index contributed by atoms with van der Waals surface area (Å²) in [6.07, 6.45) is 0.574. The second-order valence-electron chi connectivity index (χ2n) is 3.24. The summed E-state index contributed by atoms with van der Waals surface area (Å²) in [5.41, 5.74) is 5.46. The van der Waals surface area contributed by atoms with Gasteiger partial charge in [-0.2, -0.15) is 0 Å². The molecule has 0 saturated carbocycles. The van der Waals surface area contributed by atoms with Crippen LogP contribution in [0.3, 0.4) is 0 Å². The van der Waals surface area contributed by atoms with E-state index in [1.165, 1.54) is 12.1 Å². The van der Waals surface area contributed by atoms with E-state index in [9.17, 15) is 8.78 Å². The molecule has 0 aromatic heterocycles. The standard InChI is InChI=1S/C10H12BrF2N/c1-6(4-5-14)9-8(12)3-2-7(11)10(9)13/h2-3,6H,4-5,14H2,1H3. The summed E-state index contributed by atoms with van der Waals surface area (Å²) in [7, 11) is 0. The van der Waals surface area contributed by atoms with Gasteiger partial charge in [0.2, 0.25) is 0 Å². The van der Waals surface area contributed by atoms with Gasteiger partial charge in [-0.25, -0.2) is 8.78 Å². The van der Waals surface area contributed by atoms with Crippen LogP contribution in [0.2, 0.25) is 0 Å². The molecule has 1 atom stereocenters. The molecule has 0 heterocycles. The minimum atomic E-state index is -0.522. The smallest absolute Gasteiger partial charge is 0.143 e. The highest BCUT2D eigenvalue weighted by Crippen LogP contribution is 2.29. The van der Waals surface area contributed by atoms with E-state index in [0.717, 1.165) is 0 Å². The summed E-state index contributed by atoms with van der Waals surface area (Å²) in [4.78, 5) is 0. The van der Waals surface area contributed by atoms with Crippen molar-refractivity contribution in [2.75, 3.05) is 6.54 Å². The van der Waals surface area contributed by atoms with E-state index < -0.39 is 11.6 Å². The molecule has 0 fully saturated rings. The molecule has 0 amide bonds. The van der Waals surface area contributed by atoms with Gasteiger partial charge < -0.3 is 5.73 Å². The van der Waals surface area contributed by atoms with Crippen molar-refractivity contribution in [3.63, 3.8) is 0 Å². The molecule has 4 heteroatoms. The maximum Gasteiger partial charge on any atom is 0.143 e. The van der Waals surface area contributed by atoms with E-state index in [1.54, 1.807) is 6.92 Å². The highest BCUT2D eigenvalue weighted by atomic mass is 79.9. The average Bonchev–Trinajstić information content (AvgIpc) is 2.13. The Balaban J connectivity index is 3.11. The number of nitrogens with two attached hydrogens (primary N) is 1. The highest BCUT2D eigenvalue weighted by molar-refractivity contribution is 9.10. The molecule has 0 bridgehead atoms. The minimum absolute atomic E-state index is 0.116. The van der Waals surface area contributed by atoms with Crippen LogP contribution < -0.4 is 5.73 Å². The fourth-order valence-electron chi connectivity index (χ4n) is 1.39. The van der Waals surface area contributed by atoms with E-state index in [2.05, 4.69) is 15.9 Å². The summed E-state index contributed by atoms with van der Waals surface area (Å²) < 4.78 is 27.1. The molecule has 1 rings (SSSR count). The van der Waals surface area contributed by atoms with Crippen LogP contribution in [0.1, 0.15) is 24.8 Å². The van der Waals surface area contributed by atoms with Crippen molar-refractivity contribution in [1.29, 1.82) is 0 Å². The normalized spacial score (nSPS) is 12.9. The zero-order chi connectivity index (χ0) is 10.7. The Bertz CT molecular complexity index is 328. The maximum absolute atomic E-state index is 13.5. The molecule has 0 spiro atoms. The van der Waals surface area contributed by atoms with Gasteiger partial charge in [-0.05, 0) is 46.9 Å². The number of rotatable bonds is 3. The van der Waals surface area contributed by atoms with Gasteiger partial charge in [0.05, 0.1) is 4.47 Å². The van der Waals surface area contributed by atoms with E-state index in [1.807, 2.05) is 0 Å². The van der Waals surface area contributed by atoms with Gasteiger partial charge in [0.25, 0.3) is 0 Å². The van der Waals surface area contributed by atoms with Gasteiger partial charge in [-0.15, -0.1) is 0 Å². The van der Waals surface area contributed by atoms with Gasteiger partial charge in [0.1, 0.15) is 11.6 Å². The second kappa shape index (κ2) is 4.84. The van der Waals surface area contributed by atoms with E-state index >= 15 is 0 Å². The Morgan fingerprint density at radius 1 is 1.43 bits per heavy atom. The number of benzene rings is 1. The topological polar surface area (TPSA) is 26.0 Å². The molecular weight excluding hydrogens is 252 g/mol. The van der Waals surface area contributed by atoms with Crippen LogP contribution in [0, 0.1) is 11.6 Å². The first kappa shape index (κ1) is 11.6. The zero-order valence-corrected chi connectivity index (χ0v) is 9.44. The summed E-state index contributed by atoms with van der Waals surface area (Å²) in [6.45, 7) is 2.19. The monoisotopic (exact) mass is 263 g/mol. The van der Waals surface area contributed by atoms with Crippen LogP contribution in [0.5, 0.6) is 0 Å². The van der Waals surface area contributed by atoms with Gasteiger partial charge in [0.15, 0.2) is 0 Å². The molecule has 0 saturated heterocycles. The SMILES string of the molecule is CC(CCN)c1c(F)ccc(Br)c1F. The molecule has 1 aromatic carbocycles. The third-order valence-corrected chi connectivity index (χ3v) is 2.78. The molecule has 0 radical (unpaired) electrons. The summed E-state index contributed by atoms with van der Waals surface area (Å²) in [5.74, 6) is -1.23. The molecular formula is C10H12BrF2N. The largest absolute Gasteiger partial charge is 0.330 e. The highest BCUT2D eigenvalue weighted by Gasteiger charge is 2.17. The fraction of sp³-hybridized carbons (Fsp3) is 0.400. The molecule has 14 heavy (non-hydrogen) atoms. The zero-order valence-electron chi connectivity index (χ0n) is 7.86. The van der Waals surface area contributed by atoms with Gasteiger partial charge in [0, 0.05) is 5.56 Å². The Morgan fingerprint density at radius 3 is 2.64 bits per heavy atom. The lowest BCUT2D eigenvalue weighted by Crippen LogP contribution is -2.08. The van der Waals surface area contributed by atoms with Crippen molar-refractivity contribution in [3.8, 4) is 0 Å². The van der Waals surface area contributed by atoms with E-state index in [-0.39, 0.29) is 16.0 Å². The average molecular weight is 264 g/mol. The first-order chi connectivity index (χ1) is 6.57. The third-order valence-electron chi connectivity index (χ3n) is 2.17. The van der Waals surface area contributed by atoms with Crippen molar-refractivity contribution in [1.82, 2.24) is 0 Å².